The summed E-state index contributed by atoms with van der Waals surface area (Å²) in [6, 6.07) is 9.55. The average molecular weight is 447 g/mol. The fourth-order valence-corrected chi connectivity index (χ4v) is 4.72. The number of carbonyl (C=O) groups is 1. The predicted molar refractivity (Wildman–Crippen MR) is 102 cm³/mol. The molecule has 0 unspecified atom stereocenters. The highest BCUT2D eigenvalue weighted by molar-refractivity contribution is 7.89. The van der Waals surface area contributed by atoms with E-state index in [-0.39, 0.29) is 32.1 Å². The first-order chi connectivity index (χ1) is 13.5. The van der Waals surface area contributed by atoms with Gasteiger partial charge < -0.3 is 4.90 Å². The summed E-state index contributed by atoms with van der Waals surface area (Å²) in [6.45, 7) is 2.17. The number of piperazine rings is 1. The van der Waals surface area contributed by atoms with Crippen molar-refractivity contribution in [1.29, 1.82) is 0 Å². The molecule has 0 atom stereocenters. The zero-order chi connectivity index (χ0) is 21.4. The third-order valence-corrected chi connectivity index (χ3v) is 6.93. The minimum atomic E-state index is -4.76. The summed E-state index contributed by atoms with van der Waals surface area (Å²) in [5.41, 5.74) is 0.312. The van der Waals surface area contributed by atoms with Crippen molar-refractivity contribution in [1.82, 2.24) is 9.21 Å². The third kappa shape index (κ3) is 4.57. The van der Waals surface area contributed by atoms with Crippen LogP contribution in [0.1, 0.15) is 21.5 Å². The lowest BCUT2D eigenvalue weighted by Crippen LogP contribution is -2.50. The maximum absolute atomic E-state index is 13.0. The molecule has 2 aromatic carbocycles. The van der Waals surface area contributed by atoms with Crippen LogP contribution >= 0.6 is 11.6 Å². The number of hydrogen-bond donors (Lipinski definition) is 0. The number of amides is 1. The minimum Gasteiger partial charge on any atom is -0.336 e. The second-order valence-electron chi connectivity index (χ2n) is 6.70. The normalized spacial score (nSPS) is 16.1. The molecule has 0 aliphatic carbocycles. The quantitative estimate of drug-likeness (QED) is 0.720. The van der Waals surface area contributed by atoms with Crippen LogP contribution in [0.4, 0.5) is 13.2 Å². The second kappa shape index (κ2) is 7.97. The van der Waals surface area contributed by atoms with Crippen molar-refractivity contribution < 1.29 is 26.4 Å². The summed E-state index contributed by atoms with van der Waals surface area (Å²) in [6.07, 6.45) is -4.76. The van der Waals surface area contributed by atoms with E-state index in [9.17, 15) is 26.4 Å². The number of carbonyl (C=O) groups excluding carboxylic acids is 1. The molecule has 1 amide bonds. The number of rotatable bonds is 3. The van der Waals surface area contributed by atoms with E-state index in [2.05, 4.69) is 0 Å². The van der Waals surface area contributed by atoms with E-state index < -0.39 is 31.7 Å². The Morgan fingerprint density at radius 2 is 1.59 bits per heavy atom. The van der Waals surface area contributed by atoms with Gasteiger partial charge >= 0.3 is 6.18 Å². The maximum atomic E-state index is 13.0. The van der Waals surface area contributed by atoms with Crippen molar-refractivity contribution in [2.75, 3.05) is 26.2 Å². The summed E-state index contributed by atoms with van der Waals surface area (Å²) in [5.74, 6) is -0.215. The van der Waals surface area contributed by atoms with Gasteiger partial charge in [-0.15, -0.1) is 0 Å². The topological polar surface area (TPSA) is 57.7 Å². The van der Waals surface area contributed by atoms with E-state index in [0.717, 1.165) is 22.0 Å². The largest absolute Gasteiger partial charge is 0.417 e. The number of nitrogens with zero attached hydrogens (tertiary/aromatic N) is 2. The van der Waals surface area contributed by atoms with Crippen molar-refractivity contribution in [2.24, 2.45) is 0 Å². The van der Waals surface area contributed by atoms with Gasteiger partial charge in [0.05, 0.1) is 15.5 Å². The van der Waals surface area contributed by atoms with E-state index in [1.165, 1.54) is 4.90 Å². The average Bonchev–Trinajstić information content (AvgIpc) is 2.67. The SMILES string of the molecule is Cc1ccc(C(=O)N2CCN(S(=O)(=O)c3ccc(Cl)c(C(F)(F)F)c3)CC2)cc1. The molecule has 5 nitrogen and oxygen atoms in total. The Morgan fingerprint density at radius 1 is 1.00 bits per heavy atom. The molecule has 1 saturated heterocycles. The number of benzene rings is 2. The molecule has 1 heterocycles. The van der Waals surface area contributed by atoms with Crippen LogP contribution < -0.4 is 0 Å². The van der Waals surface area contributed by atoms with Crippen molar-refractivity contribution in [2.45, 2.75) is 18.0 Å². The first-order valence-electron chi connectivity index (χ1n) is 8.73. The van der Waals surface area contributed by atoms with Gasteiger partial charge in [0, 0.05) is 31.7 Å². The highest BCUT2D eigenvalue weighted by atomic mass is 35.5. The van der Waals surface area contributed by atoms with Crippen LogP contribution in [0.25, 0.3) is 0 Å². The van der Waals surface area contributed by atoms with Crippen LogP contribution in [0.5, 0.6) is 0 Å². The van der Waals surface area contributed by atoms with Crippen molar-refractivity contribution in [3.8, 4) is 0 Å². The fourth-order valence-electron chi connectivity index (χ4n) is 3.04. The Balaban J connectivity index is 1.75. The lowest BCUT2D eigenvalue weighted by molar-refractivity contribution is -0.137. The minimum absolute atomic E-state index is 0.0100. The number of sulfonamides is 1. The third-order valence-electron chi connectivity index (χ3n) is 4.71. The summed E-state index contributed by atoms with van der Waals surface area (Å²) in [5, 5.41) is -0.565. The first-order valence-corrected chi connectivity index (χ1v) is 10.5. The van der Waals surface area contributed by atoms with Gasteiger partial charge in [-0.05, 0) is 37.3 Å². The number of halogens is 4. The first kappa shape index (κ1) is 21.6. The molecular weight excluding hydrogens is 429 g/mol. The molecule has 10 heteroatoms. The number of aryl methyl sites for hydroxylation is 1. The molecule has 2 aromatic rings. The van der Waals surface area contributed by atoms with Crippen LogP contribution in [-0.4, -0.2) is 49.7 Å². The molecule has 0 saturated carbocycles. The molecule has 0 bridgehead atoms. The highest BCUT2D eigenvalue weighted by Crippen LogP contribution is 2.36. The lowest BCUT2D eigenvalue weighted by Gasteiger charge is -2.34. The van der Waals surface area contributed by atoms with Gasteiger partial charge in [0.1, 0.15) is 0 Å². The summed E-state index contributed by atoms with van der Waals surface area (Å²) >= 11 is 5.57. The molecular formula is C19H18ClF3N2O3S. The van der Waals surface area contributed by atoms with Gasteiger partial charge in [0.2, 0.25) is 10.0 Å². The van der Waals surface area contributed by atoms with E-state index in [1.54, 1.807) is 12.1 Å². The Labute approximate surface area is 171 Å². The van der Waals surface area contributed by atoms with Crippen molar-refractivity contribution in [3.63, 3.8) is 0 Å². The fraction of sp³-hybridized carbons (Fsp3) is 0.316. The predicted octanol–water partition coefficient (Wildman–Crippen LogP) is 3.81. The molecule has 0 aromatic heterocycles. The van der Waals surface area contributed by atoms with Gasteiger partial charge in [0.25, 0.3) is 5.91 Å². The standard InChI is InChI=1S/C19H18ClF3N2O3S/c1-13-2-4-14(5-3-13)18(26)24-8-10-25(11-9-24)29(27,28)15-6-7-17(20)16(12-15)19(21,22)23/h2-7,12H,8-11H2,1H3. The van der Waals surface area contributed by atoms with Crippen LogP contribution in [0.15, 0.2) is 47.4 Å². The molecule has 0 spiro atoms. The van der Waals surface area contributed by atoms with Gasteiger partial charge in [-0.1, -0.05) is 29.3 Å². The molecule has 29 heavy (non-hydrogen) atoms. The molecule has 1 fully saturated rings. The molecule has 3 rings (SSSR count). The van der Waals surface area contributed by atoms with Crippen LogP contribution in [-0.2, 0) is 16.2 Å². The lowest BCUT2D eigenvalue weighted by atomic mass is 10.1. The summed E-state index contributed by atoms with van der Waals surface area (Å²) in [4.78, 5) is 13.6. The number of hydrogen-bond acceptors (Lipinski definition) is 3. The Kier molecular flexibility index (Phi) is 5.93. The van der Waals surface area contributed by atoms with Crippen LogP contribution in [0.3, 0.4) is 0 Å². The highest BCUT2D eigenvalue weighted by Gasteiger charge is 2.36. The van der Waals surface area contributed by atoms with E-state index >= 15 is 0 Å². The Hall–Kier alpha value is -2.10. The van der Waals surface area contributed by atoms with E-state index in [0.29, 0.717) is 11.6 Å². The van der Waals surface area contributed by atoms with Gasteiger partial charge in [-0.25, -0.2) is 8.42 Å². The zero-order valence-electron chi connectivity index (χ0n) is 15.4. The molecule has 156 valence electrons. The van der Waals surface area contributed by atoms with Gasteiger partial charge in [0.15, 0.2) is 0 Å². The van der Waals surface area contributed by atoms with Crippen molar-refractivity contribution >= 4 is 27.5 Å². The molecule has 0 radical (unpaired) electrons. The molecule has 1 aliphatic heterocycles. The Morgan fingerprint density at radius 3 is 2.14 bits per heavy atom. The zero-order valence-corrected chi connectivity index (χ0v) is 17.0. The second-order valence-corrected chi connectivity index (χ2v) is 9.05. The van der Waals surface area contributed by atoms with Crippen LogP contribution in [0.2, 0.25) is 5.02 Å². The van der Waals surface area contributed by atoms with E-state index in [1.807, 2.05) is 19.1 Å². The number of alkyl halides is 3. The smallest absolute Gasteiger partial charge is 0.336 e. The summed E-state index contributed by atoms with van der Waals surface area (Å²) < 4.78 is 65.8. The Bertz CT molecular complexity index is 1020. The molecule has 0 N–H and O–H groups in total. The molecule has 1 aliphatic rings. The monoisotopic (exact) mass is 446 g/mol. The van der Waals surface area contributed by atoms with Crippen LogP contribution in [0, 0.1) is 6.92 Å². The van der Waals surface area contributed by atoms with Gasteiger partial charge in [-0.2, -0.15) is 17.5 Å². The summed E-state index contributed by atoms with van der Waals surface area (Å²) in [7, 11) is -4.14. The van der Waals surface area contributed by atoms with Crippen molar-refractivity contribution in [3.05, 3.63) is 64.2 Å². The van der Waals surface area contributed by atoms with E-state index in [4.69, 9.17) is 11.6 Å². The maximum Gasteiger partial charge on any atom is 0.417 e. The van der Waals surface area contributed by atoms with Gasteiger partial charge in [-0.3, -0.25) is 4.79 Å².